The molecular weight excluding hydrogens is 294 g/mol. The van der Waals surface area contributed by atoms with Crippen LogP contribution in [0.1, 0.15) is 25.8 Å². The third-order valence-corrected chi connectivity index (χ3v) is 3.63. The van der Waals surface area contributed by atoms with Crippen molar-refractivity contribution in [2.24, 2.45) is 11.8 Å². The number of aliphatic carboxylic acids is 1. The van der Waals surface area contributed by atoms with Crippen LogP contribution in [0.3, 0.4) is 0 Å². The summed E-state index contributed by atoms with van der Waals surface area (Å²) in [6, 6.07) is 7.30. The number of methoxy groups -OCH3 is 1. The zero-order chi connectivity index (χ0) is 17.4. The predicted octanol–water partition coefficient (Wildman–Crippen LogP) is 2.66. The second kappa shape index (κ2) is 8.98. The lowest BCUT2D eigenvalue weighted by Gasteiger charge is -2.17. The first kappa shape index (κ1) is 18.7. The van der Waals surface area contributed by atoms with Crippen LogP contribution in [0, 0.1) is 11.8 Å². The number of carbonyl (C=O) groups is 2. The Hall–Kier alpha value is -2.30. The van der Waals surface area contributed by atoms with Crippen LogP contribution in [-0.2, 0) is 16.0 Å². The standard InChI is InChI=1S/C18H25NO4/c1-12(2)9-13(3)17(20)19-11-15(18(21)22)10-14-7-5-6-8-16(14)23-4/h5-8,13,15H,1,9-11H2,2-4H3,(H,19,20)(H,21,22). The van der Waals surface area contributed by atoms with E-state index in [1.165, 1.54) is 0 Å². The molecule has 0 radical (unpaired) electrons. The summed E-state index contributed by atoms with van der Waals surface area (Å²) in [5.74, 6) is -1.36. The van der Waals surface area contributed by atoms with Gasteiger partial charge in [0.25, 0.3) is 0 Å². The van der Waals surface area contributed by atoms with Gasteiger partial charge < -0.3 is 15.2 Å². The number of hydrogen-bond acceptors (Lipinski definition) is 3. The van der Waals surface area contributed by atoms with Crippen LogP contribution < -0.4 is 10.1 Å². The number of carboxylic acids is 1. The molecule has 126 valence electrons. The maximum Gasteiger partial charge on any atom is 0.308 e. The number of benzene rings is 1. The van der Waals surface area contributed by atoms with Crippen LogP contribution in [0.2, 0.25) is 0 Å². The summed E-state index contributed by atoms with van der Waals surface area (Å²) >= 11 is 0. The van der Waals surface area contributed by atoms with Gasteiger partial charge >= 0.3 is 5.97 Å². The smallest absolute Gasteiger partial charge is 0.308 e. The number of hydrogen-bond donors (Lipinski definition) is 2. The summed E-state index contributed by atoms with van der Waals surface area (Å²) < 4.78 is 5.24. The molecule has 0 heterocycles. The third-order valence-electron chi connectivity index (χ3n) is 3.63. The molecular formula is C18H25NO4. The molecule has 5 nitrogen and oxygen atoms in total. The summed E-state index contributed by atoms with van der Waals surface area (Å²) in [7, 11) is 1.55. The fourth-order valence-corrected chi connectivity index (χ4v) is 2.40. The van der Waals surface area contributed by atoms with Crippen LogP contribution in [0.4, 0.5) is 0 Å². The summed E-state index contributed by atoms with van der Waals surface area (Å²) in [4.78, 5) is 23.5. The molecule has 0 aliphatic carbocycles. The highest BCUT2D eigenvalue weighted by molar-refractivity contribution is 5.79. The Bertz CT molecular complexity index is 568. The second-order valence-electron chi connectivity index (χ2n) is 5.86. The van der Waals surface area contributed by atoms with Gasteiger partial charge in [0.1, 0.15) is 5.75 Å². The van der Waals surface area contributed by atoms with E-state index < -0.39 is 11.9 Å². The van der Waals surface area contributed by atoms with E-state index in [1.807, 2.05) is 25.1 Å². The zero-order valence-electron chi connectivity index (χ0n) is 14.0. The summed E-state index contributed by atoms with van der Waals surface area (Å²) in [5.41, 5.74) is 1.74. The molecule has 0 spiro atoms. The molecule has 0 saturated carbocycles. The molecule has 0 saturated heterocycles. The lowest BCUT2D eigenvalue weighted by molar-refractivity contribution is -0.141. The van der Waals surface area contributed by atoms with E-state index in [2.05, 4.69) is 11.9 Å². The SMILES string of the molecule is C=C(C)CC(C)C(=O)NCC(Cc1ccccc1OC)C(=O)O. The minimum absolute atomic E-state index is 0.0900. The Balaban J connectivity index is 2.67. The summed E-state index contributed by atoms with van der Waals surface area (Å²) in [5, 5.41) is 12.1. The molecule has 1 rings (SSSR count). The number of amides is 1. The zero-order valence-corrected chi connectivity index (χ0v) is 14.0. The van der Waals surface area contributed by atoms with Crippen molar-refractivity contribution in [2.75, 3.05) is 13.7 Å². The molecule has 23 heavy (non-hydrogen) atoms. The van der Waals surface area contributed by atoms with Gasteiger partial charge in [0.2, 0.25) is 5.91 Å². The molecule has 2 N–H and O–H groups in total. The van der Waals surface area contributed by atoms with Crippen molar-refractivity contribution in [2.45, 2.75) is 26.7 Å². The van der Waals surface area contributed by atoms with E-state index in [1.54, 1.807) is 20.1 Å². The summed E-state index contributed by atoms with van der Waals surface area (Å²) in [6.45, 7) is 7.55. The average Bonchev–Trinajstić information content (AvgIpc) is 2.50. The highest BCUT2D eigenvalue weighted by atomic mass is 16.5. The Morgan fingerprint density at radius 3 is 2.57 bits per heavy atom. The van der Waals surface area contributed by atoms with Crippen molar-refractivity contribution in [3.05, 3.63) is 42.0 Å². The first-order valence-electron chi connectivity index (χ1n) is 7.62. The first-order chi connectivity index (χ1) is 10.8. The predicted molar refractivity (Wildman–Crippen MR) is 89.4 cm³/mol. The van der Waals surface area contributed by atoms with E-state index in [-0.39, 0.29) is 18.4 Å². The molecule has 0 aliphatic rings. The van der Waals surface area contributed by atoms with Gasteiger partial charge in [-0.25, -0.2) is 0 Å². The number of ether oxygens (including phenoxy) is 1. The van der Waals surface area contributed by atoms with Crippen molar-refractivity contribution >= 4 is 11.9 Å². The lowest BCUT2D eigenvalue weighted by atomic mass is 9.97. The Kier molecular flexibility index (Phi) is 7.32. The quantitative estimate of drug-likeness (QED) is 0.686. The Labute approximate surface area is 137 Å². The van der Waals surface area contributed by atoms with Crippen molar-refractivity contribution < 1.29 is 19.4 Å². The minimum Gasteiger partial charge on any atom is -0.496 e. The van der Waals surface area contributed by atoms with Gasteiger partial charge in [-0.1, -0.05) is 30.7 Å². The van der Waals surface area contributed by atoms with Crippen molar-refractivity contribution in [1.29, 1.82) is 0 Å². The molecule has 1 amide bonds. The monoisotopic (exact) mass is 319 g/mol. The first-order valence-corrected chi connectivity index (χ1v) is 7.62. The third kappa shape index (κ3) is 6.14. The van der Waals surface area contributed by atoms with Gasteiger partial charge in [-0.3, -0.25) is 9.59 Å². The number of nitrogens with one attached hydrogen (secondary N) is 1. The van der Waals surface area contributed by atoms with Gasteiger partial charge in [-0.15, -0.1) is 6.58 Å². The molecule has 1 aromatic carbocycles. The number of rotatable bonds is 9. The molecule has 0 aliphatic heterocycles. The number of para-hydroxylation sites is 1. The van der Waals surface area contributed by atoms with Gasteiger partial charge in [-0.2, -0.15) is 0 Å². The molecule has 1 aromatic rings. The summed E-state index contributed by atoms with van der Waals surface area (Å²) in [6.07, 6.45) is 0.893. The Morgan fingerprint density at radius 1 is 1.35 bits per heavy atom. The molecule has 2 unspecified atom stereocenters. The normalized spacial score (nSPS) is 13.0. The Morgan fingerprint density at radius 2 is 2.00 bits per heavy atom. The van der Waals surface area contributed by atoms with Crippen LogP contribution >= 0.6 is 0 Å². The topological polar surface area (TPSA) is 75.6 Å². The molecule has 0 bridgehead atoms. The highest BCUT2D eigenvalue weighted by Crippen LogP contribution is 2.21. The van der Waals surface area contributed by atoms with Gasteiger partial charge in [0.15, 0.2) is 0 Å². The largest absolute Gasteiger partial charge is 0.496 e. The van der Waals surface area contributed by atoms with Crippen LogP contribution in [0.5, 0.6) is 5.75 Å². The van der Waals surface area contributed by atoms with E-state index in [9.17, 15) is 14.7 Å². The number of allylic oxidation sites excluding steroid dienone is 1. The highest BCUT2D eigenvalue weighted by Gasteiger charge is 2.22. The van der Waals surface area contributed by atoms with Crippen molar-refractivity contribution in [3.63, 3.8) is 0 Å². The van der Waals surface area contributed by atoms with Gasteiger partial charge in [-0.05, 0) is 31.4 Å². The van der Waals surface area contributed by atoms with Crippen molar-refractivity contribution in [3.8, 4) is 5.75 Å². The van der Waals surface area contributed by atoms with Crippen LogP contribution in [0.15, 0.2) is 36.4 Å². The second-order valence-corrected chi connectivity index (χ2v) is 5.86. The molecule has 5 heteroatoms. The van der Waals surface area contributed by atoms with Crippen molar-refractivity contribution in [1.82, 2.24) is 5.32 Å². The van der Waals surface area contributed by atoms with Crippen LogP contribution in [-0.4, -0.2) is 30.6 Å². The fourth-order valence-electron chi connectivity index (χ4n) is 2.40. The maximum absolute atomic E-state index is 12.0. The minimum atomic E-state index is -0.941. The van der Waals surface area contributed by atoms with E-state index in [0.29, 0.717) is 18.6 Å². The van der Waals surface area contributed by atoms with Crippen LogP contribution in [0.25, 0.3) is 0 Å². The lowest BCUT2D eigenvalue weighted by Crippen LogP contribution is -2.37. The van der Waals surface area contributed by atoms with Gasteiger partial charge in [0.05, 0.1) is 13.0 Å². The number of carbonyl (C=O) groups excluding carboxylic acids is 1. The van der Waals surface area contributed by atoms with E-state index >= 15 is 0 Å². The fraction of sp³-hybridized carbons (Fsp3) is 0.444. The molecule has 2 atom stereocenters. The van der Waals surface area contributed by atoms with E-state index in [0.717, 1.165) is 11.1 Å². The molecule has 0 aromatic heterocycles. The van der Waals surface area contributed by atoms with E-state index in [4.69, 9.17) is 4.74 Å². The maximum atomic E-state index is 12.0. The molecule has 0 fully saturated rings. The average molecular weight is 319 g/mol. The van der Waals surface area contributed by atoms with Gasteiger partial charge in [0, 0.05) is 12.5 Å². The number of carboxylic acid groups (broad SMARTS) is 1.